The van der Waals surface area contributed by atoms with Crippen molar-refractivity contribution in [2.24, 2.45) is 0 Å². The summed E-state index contributed by atoms with van der Waals surface area (Å²) in [6.07, 6.45) is 0. The molecule has 2 heterocycles. The van der Waals surface area contributed by atoms with Crippen LogP contribution >= 0.6 is 0 Å². The van der Waals surface area contributed by atoms with Gasteiger partial charge in [0.15, 0.2) is 0 Å². The molecule has 10 heteroatoms. The van der Waals surface area contributed by atoms with Crippen molar-refractivity contribution in [3.05, 3.63) is 141 Å². The highest BCUT2D eigenvalue weighted by molar-refractivity contribution is 5.97. The third-order valence-electron chi connectivity index (χ3n) is 6.66. The normalized spacial score (nSPS) is 10.7. The lowest BCUT2D eigenvalue weighted by molar-refractivity contribution is -0.622. The van der Waals surface area contributed by atoms with Gasteiger partial charge >= 0.3 is 22.8 Å². The Labute approximate surface area is 239 Å². The van der Waals surface area contributed by atoms with Gasteiger partial charge in [0.05, 0.1) is 11.1 Å². The van der Waals surface area contributed by atoms with Crippen LogP contribution in [0.1, 0.15) is 34.8 Å². The van der Waals surface area contributed by atoms with Crippen molar-refractivity contribution in [1.29, 1.82) is 0 Å². The Morgan fingerprint density at radius 1 is 0.429 bits per heavy atom. The van der Waals surface area contributed by atoms with Crippen LogP contribution in [0.25, 0.3) is 44.6 Å². The van der Waals surface area contributed by atoms with Crippen LogP contribution < -0.4 is 18.9 Å². The topological polar surface area (TPSA) is 142 Å². The Morgan fingerprint density at radius 3 is 0.976 bits per heavy atom. The summed E-state index contributed by atoms with van der Waals surface area (Å²) in [4.78, 5) is 23.8. The fraction of sp³-hybridized carbons (Fsp3) is 0.0625. The Balaban J connectivity index is 0.000000168. The molecule has 0 amide bonds. The van der Waals surface area contributed by atoms with Crippen molar-refractivity contribution in [2.45, 2.75) is 13.8 Å². The Bertz CT molecular complexity index is 1830. The number of hydrogen-bond donors (Lipinski definition) is 0. The van der Waals surface area contributed by atoms with Gasteiger partial charge in [-0.25, -0.2) is 0 Å². The Hall–Kier alpha value is -5.90. The maximum absolute atomic E-state index is 12.6. The number of hydrogen-bond acceptors (Lipinski definition) is 6. The number of aromatic nitrogens is 4. The molecule has 6 rings (SSSR count). The van der Waals surface area contributed by atoms with Crippen LogP contribution in [-0.4, -0.2) is 11.6 Å². The number of carbonyl (C=O) groups excluding carboxylic acids is 2. The van der Waals surface area contributed by atoms with Gasteiger partial charge in [-0.1, -0.05) is 60.7 Å². The lowest BCUT2D eigenvalue weighted by atomic mass is 10.1. The summed E-state index contributed by atoms with van der Waals surface area (Å²) in [6, 6.07) is 30.3. The third-order valence-corrected chi connectivity index (χ3v) is 6.66. The lowest BCUT2D eigenvalue weighted by Gasteiger charge is -2.11. The summed E-state index contributed by atoms with van der Waals surface area (Å²) in [5.74, 6) is -0.890. The fourth-order valence-corrected chi connectivity index (χ4v) is 4.80. The number of nitrogens with zero attached hydrogens (tertiary/aromatic N) is 4. The van der Waals surface area contributed by atoms with E-state index in [1.54, 1.807) is 97.1 Å². The number of Topliss-reactive ketones (excluding diaryl/α,β-unsaturated/α-hetero) is 2. The zero-order valence-corrected chi connectivity index (χ0v) is 22.6. The minimum atomic E-state index is -0.445. The van der Waals surface area contributed by atoms with Gasteiger partial charge in [-0.3, -0.25) is 9.59 Å². The first kappa shape index (κ1) is 27.7. The molecule has 0 N–H and O–H groups in total. The highest BCUT2D eigenvalue weighted by Gasteiger charge is 2.33. The second kappa shape index (κ2) is 11.3. The molecule has 0 aliphatic heterocycles. The smallest absolute Gasteiger partial charge is 0.334 e. The van der Waals surface area contributed by atoms with Crippen LogP contribution in [0.5, 0.6) is 0 Å². The van der Waals surface area contributed by atoms with E-state index in [-0.39, 0.29) is 44.8 Å². The number of ketones is 2. The average molecular weight is 561 g/mol. The Morgan fingerprint density at radius 2 is 0.690 bits per heavy atom. The maximum atomic E-state index is 12.6. The molecule has 2 aromatic heterocycles. The van der Waals surface area contributed by atoms with Crippen LogP contribution in [0.15, 0.2) is 109 Å². The quantitative estimate of drug-likeness (QED) is 0.182. The first-order valence-corrected chi connectivity index (χ1v) is 12.9. The molecule has 0 aliphatic carbocycles. The highest BCUT2D eigenvalue weighted by atomic mass is 16.5. The summed E-state index contributed by atoms with van der Waals surface area (Å²) in [5.41, 5.74) is 1.77. The molecule has 0 spiro atoms. The molecule has 0 atom stereocenters. The van der Waals surface area contributed by atoms with E-state index in [0.717, 1.165) is 0 Å². The Kier molecular flexibility index (Phi) is 7.44. The first-order chi connectivity index (χ1) is 20.2. The molecule has 0 saturated carbocycles. The van der Waals surface area contributed by atoms with Crippen molar-refractivity contribution in [2.75, 3.05) is 0 Å². The van der Waals surface area contributed by atoms with Crippen LogP contribution in [0.4, 0.5) is 0 Å². The van der Waals surface area contributed by atoms with Gasteiger partial charge in [-0.05, 0) is 24.3 Å². The number of rotatable bonds is 4. The molecule has 42 heavy (non-hydrogen) atoms. The van der Waals surface area contributed by atoms with E-state index in [0.29, 0.717) is 30.0 Å². The van der Waals surface area contributed by atoms with Gasteiger partial charge in [-0.2, -0.15) is 18.9 Å². The molecule has 10 nitrogen and oxygen atoms in total. The predicted octanol–water partition coefficient (Wildman–Crippen LogP) is 3.95. The highest BCUT2D eigenvalue weighted by Crippen LogP contribution is 2.22. The van der Waals surface area contributed by atoms with Crippen LogP contribution in [0, 0.1) is 20.8 Å². The molecule has 0 saturated heterocycles. The molecule has 0 radical (unpaired) electrons. The molecule has 0 unspecified atom stereocenters. The van der Waals surface area contributed by atoms with E-state index in [2.05, 4.69) is 0 Å². The van der Waals surface area contributed by atoms with Gasteiger partial charge in [0.25, 0.3) is 22.1 Å². The van der Waals surface area contributed by atoms with E-state index in [9.17, 15) is 30.4 Å². The molecular weight excluding hydrogens is 536 g/mol. The van der Waals surface area contributed by atoms with E-state index in [1.807, 2.05) is 0 Å². The number of carbonyl (C=O) groups is 2. The average Bonchev–Trinajstić information content (AvgIpc) is 3.01. The van der Waals surface area contributed by atoms with Gasteiger partial charge < -0.3 is 20.8 Å². The minimum absolute atomic E-state index is 0.0804. The second-order valence-electron chi connectivity index (χ2n) is 9.39. The van der Waals surface area contributed by atoms with Gasteiger partial charge in [0, 0.05) is 38.1 Å². The summed E-state index contributed by atoms with van der Waals surface area (Å²) in [6.45, 7) is 2.57. The van der Waals surface area contributed by atoms with Gasteiger partial charge in [0.1, 0.15) is 0 Å². The number of para-hydroxylation sites is 4. The SMILES string of the molecule is CC(=O)c1c(-c2ccccc2)[n+]([O-])c2ccccc2[n+]1[O-].CC(=O)c1c(-c2ccccc2)[n+]([O-])c2ccccc2[n+]1[O-]. The second-order valence-corrected chi connectivity index (χ2v) is 9.39. The van der Waals surface area contributed by atoms with Crippen molar-refractivity contribution in [3.8, 4) is 22.5 Å². The van der Waals surface area contributed by atoms with E-state index in [1.165, 1.54) is 26.0 Å². The molecule has 0 aliphatic rings. The van der Waals surface area contributed by atoms with Crippen molar-refractivity contribution < 1.29 is 28.5 Å². The van der Waals surface area contributed by atoms with Gasteiger partial charge in [-0.15, -0.1) is 0 Å². The standard InChI is InChI=1S/2C16H12N2O3/c2*1-11(19)15-16(12-7-3-2-4-8-12)18(21)14-10-6-5-9-13(14)17(15)20/h2*2-10H,1H3. The lowest BCUT2D eigenvalue weighted by Crippen LogP contribution is -2.45. The molecule has 0 bridgehead atoms. The van der Waals surface area contributed by atoms with Crippen molar-refractivity contribution in [1.82, 2.24) is 0 Å². The maximum Gasteiger partial charge on any atom is 0.334 e. The van der Waals surface area contributed by atoms with Crippen LogP contribution in [-0.2, 0) is 0 Å². The number of benzene rings is 4. The van der Waals surface area contributed by atoms with Crippen LogP contribution in [0.2, 0.25) is 0 Å². The number of fused-ring (bicyclic) bond motifs is 2. The van der Waals surface area contributed by atoms with Crippen LogP contribution in [0.3, 0.4) is 0 Å². The zero-order chi connectivity index (χ0) is 30.0. The summed E-state index contributed by atoms with van der Waals surface area (Å²) in [7, 11) is 0. The van der Waals surface area contributed by atoms with E-state index < -0.39 is 11.6 Å². The van der Waals surface area contributed by atoms with Gasteiger partial charge in [0.2, 0.25) is 11.6 Å². The largest absolute Gasteiger partial charge is 0.617 e. The summed E-state index contributed by atoms with van der Waals surface area (Å²) < 4.78 is 2.37. The molecule has 0 fully saturated rings. The third kappa shape index (κ3) is 4.81. The molecule has 6 aromatic rings. The minimum Gasteiger partial charge on any atom is -0.617 e. The molecule has 4 aromatic carbocycles. The summed E-state index contributed by atoms with van der Waals surface area (Å²) >= 11 is 0. The fourth-order valence-electron chi connectivity index (χ4n) is 4.80. The zero-order valence-electron chi connectivity index (χ0n) is 22.6. The predicted molar refractivity (Wildman–Crippen MR) is 155 cm³/mol. The van der Waals surface area contributed by atoms with E-state index >= 15 is 0 Å². The summed E-state index contributed by atoms with van der Waals surface area (Å²) in [5, 5.41) is 50.2. The van der Waals surface area contributed by atoms with Crippen molar-refractivity contribution in [3.63, 3.8) is 0 Å². The van der Waals surface area contributed by atoms with E-state index in [4.69, 9.17) is 0 Å². The monoisotopic (exact) mass is 560 g/mol. The molecule has 208 valence electrons. The van der Waals surface area contributed by atoms with Crippen molar-refractivity contribution >= 4 is 33.6 Å². The molecular formula is C32H24N4O6. The first-order valence-electron chi connectivity index (χ1n) is 12.9.